The summed E-state index contributed by atoms with van der Waals surface area (Å²) in [6, 6.07) is 19.2. The highest BCUT2D eigenvalue weighted by Crippen LogP contribution is 2.16. The summed E-state index contributed by atoms with van der Waals surface area (Å²) in [5.41, 5.74) is 1.84. The van der Waals surface area contributed by atoms with Gasteiger partial charge in [0.05, 0.1) is 7.11 Å². The number of nitrogens with one attached hydrogen (secondary N) is 2. The summed E-state index contributed by atoms with van der Waals surface area (Å²) in [7, 11) is 1.57. The fourth-order valence-corrected chi connectivity index (χ4v) is 2.44. The third kappa shape index (κ3) is 5.04. The minimum atomic E-state index is -0.446. The van der Waals surface area contributed by atoms with Crippen LogP contribution >= 0.6 is 0 Å². The molecule has 1 heterocycles. The number of ether oxygens (including phenoxy) is 1. The fourth-order valence-electron chi connectivity index (χ4n) is 2.44. The van der Waals surface area contributed by atoms with E-state index in [0.717, 1.165) is 0 Å². The normalized spacial score (nSPS) is 10.8. The van der Waals surface area contributed by atoms with Gasteiger partial charge in [-0.25, -0.2) is 0 Å². The topological polar surface area (TPSA) is 80.3 Å². The molecule has 0 bridgehead atoms. The molecule has 140 valence electrons. The van der Waals surface area contributed by atoms with Crippen LogP contribution in [0, 0.1) is 0 Å². The van der Waals surface area contributed by atoms with Crippen LogP contribution in [-0.2, 0) is 4.79 Å². The van der Waals surface area contributed by atoms with Gasteiger partial charge in [0.25, 0.3) is 11.8 Å². The van der Waals surface area contributed by atoms with E-state index in [0.29, 0.717) is 22.6 Å². The molecule has 0 spiro atoms. The van der Waals surface area contributed by atoms with Crippen molar-refractivity contribution in [1.82, 2.24) is 10.3 Å². The molecule has 0 aliphatic rings. The average molecular weight is 373 g/mol. The second kappa shape index (κ2) is 9.14. The molecule has 2 amide bonds. The Morgan fingerprint density at radius 3 is 2.36 bits per heavy atom. The van der Waals surface area contributed by atoms with E-state index in [1.807, 2.05) is 6.07 Å². The maximum absolute atomic E-state index is 12.8. The van der Waals surface area contributed by atoms with Gasteiger partial charge in [-0.1, -0.05) is 24.3 Å². The largest absolute Gasteiger partial charge is 0.497 e. The van der Waals surface area contributed by atoms with Gasteiger partial charge in [-0.2, -0.15) is 0 Å². The second-order valence-corrected chi connectivity index (χ2v) is 5.85. The van der Waals surface area contributed by atoms with Gasteiger partial charge in [0.2, 0.25) is 0 Å². The number of methoxy groups -OCH3 is 1. The smallest absolute Gasteiger partial charge is 0.272 e. The molecule has 0 saturated carbocycles. The van der Waals surface area contributed by atoms with E-state index in [1.54, 1.807) is 86.2 Å². The van der Waals surface area contributed by atoms with Gasteiger partial charge in [-0.15, -0.1) is 0 Å². The molecule has 28 heavy (non-hydrogen) atoms. The highest BCUT2D eigenvalue weighted by atomic mass is 16.5. The van der Waals surface area contributed by atoms with Crippen molar-refractivity contribution in [3.63, 3.8) is 0 Å². The van der Waals surface area contributed by atoms with Crippen LogP contribution in [0.4, 0.5) is 5.69 Å². The highest BCUT2D eigenvalue weighted by molar-refractivity contribution is 6.10. The average Bonchev–Trinajstić information content (AvgIpc) is 2.75. The summed E-state index contributed by atoms with van der Waals surface area (Å²) in [6.45, 7) is 0. The minimum Gasteiger partial charge on any atom is -0.497 e. The van der Waals surface area contributed by atoms with Gasteiger partial charge in [-0.05, 0) is 54.1 Å². The van der Waals surface area contributed by atoms with Crippen LogP contribution in [0.25, 0.3) is 6.08 Å². The number of carbonyl (C=O) groups excluding carboxylic acids is 2. The third-order valence-electron chi connectivity index (χ3n) is 3.87. The molecule has 0 aliphatic carbocycles. The van der Waals surface area contributed by atoms with Crippen molar-refractivity contribution in [2.75, 3.05) is 12.4 Å². The van der Waals surface area contributed by atoms with Crippen molar-refractivity contribution in [2.45, 2.75) is 0 Å². The van der Waals surface area contributed by atoms with Gasteiger partial charge >= 0.3 is 0 Å². The quantitative estimate of drug-likeness (QED) is 0.648. The van der Waals surface area contributed by atoms with Crippen molar-refractivity contribution < 1.29 is 14.3 Å². The molecule has 0 radical (unpaired) electrons. The zero-order valence-corrected chi connectivity index (χ0v) is 15.3. The van der Waals surface area contributed by atoms with Gasteiger partial charge < -0.3 is 15.4 Å². The van der Waals surface area contributed by atoms with Crippen molar-refractivity contribution in [1.29, 1.82) is 0 Å². The number of amides is 2. The van der Waals surface area contributed by atoms with Crippen LogP contribution in [0.1, 0.15) is 15.9 Å². The van der Waals surface area contributed by atoms with Crippen LogP contribution in [0.3, 0.4) is 0 Å². The number of aromatic nitrogens is 1. The Kier molecular flexibility index (Phi) is 6.15. The number of hydrogen-bond donors (Lipinski definition) is 2. The van der Waals surface area contributed by atoms with E-state index in [-0.39, 0.29) is 11.6 Å². The monoisotopic (exact) mass is 373 g/mol. The molecule has 0 atom stereocenters. The van der Waals surface area contributed by atoms with Crippen LogP contribution in [0.5, 0.6) is 5.75 Å². The van der Waals surface area contributed by atoms with Crippen molar-refractivity contribution in [3.05, 3.63) is 95.9 Å². The molecule has 0 fully saturated rings. The first-order chi connectivity index (χ1) is 13.7. The minimum absolute atomic E-state index is 0.109. The summed E-state index contributed by atoms with van der Waals surface area (Å²) >= 11 is 0. The Bertz CT molecular complexity index is 969. The lowest BCUT2D eigenvalue weighted by atomic mass is 10.2. The predicted molar refractivity (Wildman–Crippen MR) is 108 cm³/mol. The fraction of sp³-hybridized carbons (Fsp3) is 0.0455. The number of pyridine rings is 1. The van der Waals surface area contributed by atoms with Gasteiger partial charge in [0.1, 0.15) is 11.4 Å². The van der Waals surface area contributed by atoms with E-state index in [2.05, 4.69) is 15.6 Å². The van der Waals surface area contributed by atoms with E-state index >= 15 is 0 Å². The van der Waals surface area contributed by atoms with E-state index in [9.17, 15) is 9.59 Å². The first kappa shape index (κ1) is 18.8. The highest BCUT2D eigenvalue weighted by Gasteiger charge is 2.15. The lowest BCUT2D eigenvalue weighted by molar-refractivity contribution is -0.113. The third-order valence-corrected chi connectivity index (χ3v) is 3.87. The lowest BCUT2D eigenvalue weighted by Crippen LogP contribution is -2.30. The van der Waals surface area contributed by atoms with Crippen LogP contribution < -0.4 is 15.4 Å². The molecular weight excluding hydrogens is 354 g/mol. The standard InChI is InChI=1S/C22H19N3O3/c1-28-19-11-9-18(10-12-19)24-22(27)20(14-16-6-5-13-23-15-16)25-21(26)17-7-3-2-4-8-17/h2-15H,1H3,(H,24,27)(H,25,26)/b20-14+. The summed E-state index contributed by atoms with van der Waals surface area (Å²) in [6.07, 6.45) is 4.82. The molecule has 3 rings (SSSR count). The Morgan fingerprint density at radius 2 is 1.71 bits per heavy atom. The van der Waals surface area contributed by atoms with Crippen LogP contribution in [0.2, 0.25) is 0 Å². The summed E-state index contributed by atoms with van der Waals surface area (Å²) in [5, 5.41) is 5.45. The number of hydrogen-bond acceptors (Lipinski definition) is 4. The van der Waals surface area contributed by atoms with Crippen LogP contribution in [0.15, 0.2) is 84.8 Å². The molecule has 2 N–H and O–H groups in total. The second-order valence-electron chi connectivity index (χ2n) is 5.85. The first-order valence-electron chi connectivity index (χ1n) is 8.59. The molecule has 0 aliphatic heterocycles. The Hall–Kier alpha value is -3.93. The number of carbonyl (C=O) groups is 2. The molecular formula is C22H19N3O3. The Morgan fingerprint density at radius 1 is 0.964 bits per heavy atom. The number of nitrogens with zero attached hydrogens (tertiary/aromatic N) is 1. The maximum Gasteiger partial charge on any atom is 0.272 e. The van der Waals surface area contributed by atoms with Crippen LogP contribution in [-0.4, -0.2) is 23.9 Å². The Labute approximate surface area is 162 Å². The number of benzene rings is 2. The molecule has 0 unspecified atom stereocenters. The molecule has 0 saturated heterocycles. The van der Waals surface area contributed by atoms with Gasteiger partial charge in [0.15, 0.2) is 0 Å². The van der Waals surface area contributed by atoms with E-state index in [1.165, 1.54) is 0 Å². The molecule has 3 aromatic rings. The summed E-state index contributed by atoms with van der Waals surface area (Å²) < 4.78 is 5.11. The van der Waals surface area contributed by atoms with Gasteiger partial charge in [-0.3, -0.25) is 14.6 Å². The predicted octanol–water partition coefficient (Wildman–Crippen LogP) is 3.50. The molecule has 6 heteroatoms. The SMILES string of the molecule is COc1ccc(NC(=O)/C(=C\c2cccnc2)NC(=O)c2ccccc2)cc1. The van der Waals surface area contributed by atoms with Crippen molar-refractivity contribution in [3.8, 4) is 5.75 Å². The summed E-state index contributed by atoms with van der Waals surface area (Å²) in [5.74, 6) is -0.138. The molecule has 2 aromatic carbocycles. The summed E-state index contributed by atoms with van der Waals surface area (Å²) in [4.78, 5) is 29.3. The van der Waals surface area contributed by atoms with Gasteiger partial charge in [0, 0.05) is 23.6 Å². The number of anilines is 1. The van der Waals surface area contributed by atoms with Crippen molar-refractivity contribution in [2.24, 2.45) is 0 Å². The zero-order chi connectivity index (χ0) is 19.8. The zero-order valence-electron chi connectivity index (χ0n) is 15.3. The van der Waals surface area contributed by atoms with Crippen molar-refractivity contribution >= 4 is 23.6 Å². The lowest BCUT2D eigenvalue weighted by Gasteiger charge is -2.11. The van der Waals surface area contributed by atoms with E-state index < -0.39 is 5.91 Å². The molecule has 6 nitrogen and oxygen atoms in total. The maximum atomic E-state index is 12.8. The number of rotatable bonds is 6. The first-order valence-corrected chi connectivity index (χ1v) is 8.59. The molecule has 1 aromatic heterocycles. The Balaban J connectivity index is 1.83. The van der Waals surface area contributed by atoms with E-state index in [4.69, 9.17) is 4.74 Å².